The number of halogens is 2. The second-order valence-electron chi connectivity index (χ2n) is 5.61. The Bertz CT molecular complexity index is 718. The van der Waals surface area contributed by atoms with E-state index in [1.807, 2.05) is 12.1 Å². The molecule has 24 heavy (non-hydrogen) atoms. The third kappa shape index (κ3) is 3.88. The summed E-state index contributed by atoms with van der Waals surface area (Å²) in [5.74, 6) is -0.0325. The molecule has 0 saturated carbocycles. The molecule has 1 saturated heterocycles. The van der Waals surface area contributed by atoms with Gasteiger partial charge in [-0.1, -0.05) is 41.0 Å². The van der Waals surface area contributed by atoms with Crippen LogP contribution in [0.1, 0.15) is 40.4 Å². The number of carbonyl (C=O) groups excluding carboxylic acids is 1. The Labute approximate surface area is 154 Å². The largest absolute Gasteiger partial charge is 0.370 e. The Morgan fingerprint density at radius 1 is 1.38 bits per heavy atom. The second-order valence-corrected chi connectivity index (χ2v) is 7.24. The lowest BCUT2D eigenvalue weighted by Crippen LogP contribution is -2.42. The van der Waals surface area contributed by atoms with Gasteiger partial charge in [0.1, 0.15) is 11.0 Å². The molecule has 0 bridgehead atoms. The van der Waals surface area contributed by atoms with Gasteiger partial charge in [-0.25, -0.2) is 0 Å². The molecule has 5 nitrogen and oxygen atoms in total. The van der Waals surface area contributed by atoms with Crippen LogP contribution in [0.4, 0.5) is 0 Å². The van der Waals surface area contributed by atoms with E-state index in [2.05, 4.69) is 16.5 Å². The summed E-state index contributed by atoms with van der Waals surface area (Å²) in [6.45, 7) is 3.53. The molecule has 128 valence electrons. The maximum atomic E-state index is 12.8. The first-order valence-corrected chi connectivity index (χ1v) is 9.29. The molecule has 1 aliphatic heterocycles. The summed E-state index contributed by atoms with van der Waals surface area (Å²) in [6.07, 6.45) is 1.45. The zero-order chi connectivity index (χ0) is 17.1. The summed E-state index contributed by atoms with van der Waals surface area (Å²) in [6, 6.07) is 5.32. The molecule has 0 N–H and O–H groups in total. The molecule has 1 aromatic carbocycles. The summed E-state index contributed by atoms with van der Waals surface area (Å²) in [5.41, 5.74) is 1.66. The normalized spacial score (nSPS) is 18.0. The Morgan fingerprint density at radius 3 is 2.83 bits per heavy atom. The number of hydrogen-bond donors (Lipinski definition) is 0. The Kier molecular flexibility index (Phi) is 5.71. The quantitative estimate of drug-likeness (QED) is 0.797. The fourth-order valence-electron chi connectivity index (χ4n) is 2.71. The molecule has 0 radical (unpaired) electrons. The fraction of sp³-hybridized carbons (Fsp3) is 0.438. The number of benzene rings is 1. The molecule has 3 rings (SSSR count). The molecule has 1 aromatic heterocycles. The lowest BCUT2D eigenvalue weighted by molar-refractivity contribution is -0.0226. The minimum atomic E-state index is -0.241. The summed E-state index contributed by atoms with van der Waals surface area (Å²) >= 11 is 13.3. The zero-order valence-electron chi connectivity index (χ0n) is 13.2. The van der Waals surface area contributed by atoms with E-state index in [0.717, 1.165) is 35.6 Å². The molecule has 1 fully saturated rings. The average molecular weight is 386 g/mol. The summed E-state index contributed by atoms with van der Waals surface area (Å²) < 4.78 is 9.75. The molecular weight excluding hydrogens is 369 g/mol. The smallest absolute Gasteiger partial charge is 0.267 e. The number of rotatable bonds is 4. The predicted octanol–water partition coefficient (Wildman–Crippen LogP) is 4.01. The minimum Gasteiger partial charge on any atom is -0.370 e. The fourth-order valence-corrected chi connectivity index (χ4v) is 3.93. The highest BCUT2D eigenvalue weighted by Gasteiger charge is 2.29. The second kappa shape index (κ2) is 7.78. The van der Waals surface area contributed by atoms with Crippen LogP contribution in [0.2, 0.25) is 10.0 Å². The van der Waals surface area contributed by atoms with E-state index in [0.29, 0.717) is 34.6 Å². The predicted molar refractivity (Wildman–Crippen MR) is 95.0 cm³/mol. The van der Waals surface area contributed by atoms with Crippen LogP contribution in [0.15, 0.2) is 18.2 Å². The number of carbonyl (C=O) groups is 1. The molecule has 0 unspecified atom stereocenters. The molecule has 1 aliphatic rings. The summed E-state index contributed by atoms with van der Waals surface area (Å²) in [4.78, 5) is 15.2. The van der Waals surface area contributed by atoms with Crippen LogP contribution < -0.4 is 0 Å². The van der Waals surface area contributed by atoms with Crippen LogP contribution in [0.25, 0.3) is 0 Å². The highest BCUT2D eigenvalue weighted by atomic mass is 35.5. The van der Waals surface area contributed by atoms with Crippen molar-refractivity contribution in [3.8, 4) is 0 Å². The van der Waals surface area contributed by atoms with E-state index in [1.165, 1.54) is 0 Å². The monoisotopic (exact) mass is 385 g/mol. The van der Waals surface area contributed by atoms with Crippen molar-refractivity contribution in [2.24, 2.45) is 0 Å². The summed E-state index contributed by atoms with van der Waals surface area (Å²) in [5, 5.41) is 5.19. The van der Waals surface area contributed by atoms with Gasteiger partial charge in [0, 0.05) is 16.6 Å². The lowest BCUT2D eigenvalue weighted by Gasteiger charge is -2.33. The highest BCUT2D eigenvalue weighted by Crippen LogP contribution is 2.29. The number of hydrogen-bond acceptors (Lipinski definition) is 5. The van der Waals surface area contributed by atoms with Crippen LogP contribution in [0, 0.1) is 0 Å². The number of aryl methyl sites for hydroxylation is 1. The van der Waals surface area contributed by atoms with E-state index >= 15 is 0 Å². The van der Waals surface area contributed by atoms with Crippen LogP contribution in [0.3, 0.4) is 0 Å². The SMILES string of the molecule is CCCc1nnsc1C(=O)N1CCO[C@H](c2cc(Cl)cc(Cl)c2)C1. The van der Waals surface area contributed by atoms with Crippen LogP contribution >= 0.6 is 34.7 Å². The van der Waals surface area contributed by atoms with Crippen molar-refractivity contribution in [2.75, 3.05) is 19.7 Å². The van der Waals surface area contributed by atoms with Gasteiger partial charge in [-0.15, -0.1) is 5.10 Å². The van der Waals surface area contributed by atoms with Gasteiger partial charge in [0.15, 0.2) is 0 Å². The molecular formula is C16H17Cl2N3O2S. The molecule has 2 aromatic rings. The van der Waals surface area contributed by atoms with Crippen molar-refractivity contribution in [2.45, 2.75) is 25.9 Å². The molecule has 2 heterocycles. The standard InChI is InChI=1S/C16H17Cl2N3O2S/c1-2-3-13-15(24-20-19-13)16(22)21-4-5-23-14(9-21)10-6-11(17)8-12(18)7-10/h6-8,14H,2-5,9H2,1H3/t14-/m0/s1. The Hall–Kier alpha value is -1.21. The van der Waals surface area contributed by atoms with Crippen molar-refractivity contribution in [1.82, 2.24) is 14.5 Å². The van der Waals surface area contributed by atoms with Gasteiger partial charge in [0.05, 0.1) is 18.8 Å². The molecule has 0 spiro atoms. The third-order valence-electron chi connectivity index (χ3n) is 3.85. The highest BCUT2D eigenvalue weighted by molar-refractivity contribution is 7.08. The van der Waals surface area contributed by atoms with Gasteiger partial charge in [0.25, 0.3) is 5.91 Å². The first-order chi connectivity index (χ1) is 11.6. The van der Waals surface area contributed by atoms with Gasteiger partial charge in [0.2, 0.25) is 0 Å². The summed E-state index contributed by atoms with van der Waals surface area (Å²) in [7, 11) is 0. The molecule has 0 aliphatic carbocycles. The van der Waals surface area contributed by atoms with Crippen molar-refractivity contribution in [3.05, 3.63) is 44.4 Å². The number of ether oxygens (including phenoxy) is 1. The molecule has 8 heteroatoms. The van der Waals surface area contributed by atoms with Crippen molar-refractivity contribution < 1.29 is 9.53 Å². The van der Waals surface area contributed by atoms with Gasteiger partial charge >= 0.3 is 0 Å². The van der Waals surface area contributed by atoms with E-state index in [9.17, 15) is 4.79 Å². The average Bonchev–Trinajstić information content (AvgIpc) is 3.02. The Morgan fingerprint density at radius 2 is 2.12 bits per heavy atom. The minimum absolute atomic E-state index is 0.0325. The van der Waals surface area contributed by atoms with Crippen molar-refractivity contribution >= 4 is 40.6 Å². The lowest BCUT2D eigenvalue weighted by atomic mass is 10.1. The first-order valence-electron chi connectivity index (χ1n) is 7.76. The van der Waals surface area contributed by atoms with E-state index in [4.69, 9.17) is 27.9 Å². The van der Waals surface area contributed by atoms with Crippen molar-refractivity contribution in [3.63, 3.8) is 0 Å². The number of amides is 1. The molecule has 1 atom stereocenters. The third-order valence-corrected chi connectivity index (χ3v) is 5.04. The maximum absolute atomic E-state index is 12.8. The van der Waals surface area contributed by atoms with Gasteiger partial charge < -0.3 is 9.64 Å². The number of aromatic nitrogens is 2. The van der Waals surface area contributed by atoms with Gasteiger partial charge in [-0.2, -0.15) is 0 Å². The van der Waals surface area contributed by atoms with E-state index in [-0.39, 0.29) is 12.0 Å². The zero-order valence-corrected chi connectivity index (χ0v) is 15.5. The van der Waals surface area contributed by atoms with Gasteiger partial charge in [-0.05, 0) is 41.7 Å². The topological polar surface area (TPSA) is 55.3 Å². The number of morpholine rings is 1. The number of nitrogens with zero attached hydrogens (tertiary/aromatic N) is 3. The van der Waals surface area contributed by atoms with E-state index in [1.54, 1.807) is 11.0 Å². The van der Waals surface area contributed by atoms with Crippen LogP contribution in [-0.4, -0.2) is 40.1 Å². The van der Waals surface area contributed by atoms with Crippen LogP contribution in [-0.2, 0) is 11.2 Å². The van der Waals surface area contributed by atoms with Gasteiger partial charge in [-0.3, -0.25) is 4.79 Å². The Balaban J connectivity index is 1.77. The van der Waals surface area contributed by atoms with Crippen LogP contribution in [0.5, 0.6) is 0 Å². The maximum Gasteiger partial charge on any atom is 0.267 e. The van der Waals surface area contributed by atoms with Crippen molar-refractivity contribution in [1.29, 1.82) is 0 Å². The van der Waals surface area contributed by atoms with E-state index < -0.39 is 0 Å². The first kappa shape index (κ1) is 17.6. The molecule has 1 amide bonds.